The maximum absolute atomic E-state index is 14.5. The lowest BCUT2D eigenvalue weighted by Gasteiger charge is -2.34. The topological polar surface area (TPSA) is 86.8 Å². The Morgan fingerprint density at radius 3 is 2.13 bits per heavy atom. The molecule has 4 aromatic rings. The summed E-state index contributed by atoms with van der Waals surface area (Å²) in [7, 11) is -4.31. The monoisotopic (exact) mass is 649 g/mol. The second-order valence-corrected chi connectivity index (χ2v) is 13.5. The Bertz CT molecular complexity index is 1720. The molecule has 0 aliphatic rings. The lowest BCUT2D eigenvalue weighted by atomic mass is 10.0. The predicted octanol–water partition coefficient (Wildman–Crippen LogP) is 6.40. The Hall–Kier alpha value is -4.21. The molecule has 236 valence electrons. The van der Waals surface area contributed by atoms with Crippen LogP contribution in [0.1, 0.15) is 30.5 Å². The van der Waals surface area contributed by atoms with Crippen molar-refractivity contribution in [2.24, 2.45) is 5.92 Å². The molecule has 0 saturated heterocycles. The van der Waals surface area contributed by atoms with E-state index in [1.807, 2.05) is 75.4 Å². The third-order valence-corrected chi connectivity index (χ3v) is 9.27. The molecule has 1 unspecified atom stereocenters. The highest BCUT2D eigenvalue weighted by molar-refractivity contribution is 7.92. The first-order valence-corrected chi connectivity index (χ1v) is 16.5. The van der Waals surface area contributed by atoms with Crippen molar-refractivity contribution in [3.05, 3.63) is 131 Å². The molecule has 0 fully saturated rings. The van der Waals surface area contributed by atoms with Crippen molar-refractivity contribution in [2.75, 3.05) is 17.4 Å². The van der Waals surface area contributed by atoms with Crippen molar-refractivity contribution in [3.8, 4) is 0 Å². The summed E-state index contributed by atoms with van der Waals surface area (Å²) >= 11 is 6.07. The molecule has 0 aliphatic carbocycles. The summed E-state index contributed by atoms with van der Waals surface area (Å²) in [6, 6.07) is 27.1. The molecule has 1 N–H and O–H groups in total. The second kappa shape index (κ2) is 15.2. The lowest BCUT2D eigenvalue weighted by molar-refractivity contribution is -0.140. The van der Waals surface area contributed by atoms with E-state index in [1.165, 1.54) is 29.2 Å². The molecule has 45 heavy (non-hydrogen) atoms. The van der Waals surface area contributed by atoms with Gasteiger partial charge in [0.05, 0.1) is 15.6 Å². The maximum atomic E-state index is 14.5. The fourth-order valence-electron chi connectivity index (χ4n) is 4.87. The highest BCUT2D eigenvalue weighted by atomic mass is 35.5. The van der Waals surface area contributed by atoms with Crippen LogP contribution < -0.4 is 9.62 Å². The van der Waals surface area contributed by atoms with Gasteiger partial charge in [-0.3, -0.25) is 13.9 Å². The summed E-state index contributed by atoms with van der Waals surface area (Å²) in [5, 5.41) is 2.67. The Balaban J connectivity index is 1.81. The van der Waals surface area contributed by atoms with Gasteiger partial charge < -0.3 is 10.2 Å². The molecule has 1 atom stereocenters. The first kappa shape index (κ1) is 33.7. The number of aryl methyl sites for hydroxylation is 1. The third kappa shape index (κ3) is 8.93. The van der Waals surface area contributed by atoms with Crippen molar-refractivity contribution in [1.29, 1.82) is 0 Å². The highest BCUT2D eigenvalue weighted by Gasteiger charge is 2.35. The molecule has 0 radical (unpaired) electrons. The molecule has 2 amide bonds. The quantitative estimate of drug-likeness (QED) is 0.182. The molecule has 7 nitrogen and oxygen atoms in total. The molecular weight excluding hydrogens is 613 g/mol. The van der Waals surface area contributed by atoms with Gasteiger partial charge in [-0.25, -0.2) is 12.8 Å². The average molecular weight is 650 g/mol. The zero-order chi connectivity index (χ0) is 32.6. The van der Waals surface area contributed by atoms with Gasteiger partial charge in [-0.1, -0.05) is 104 Å². The Morgan fingerprint density at radius 1 is 0.867 bits per heavy atom. The number of nitrogens with one attached hydrogen (secondary N) is 1. The van der Waals surface area contributed by atoms with E-state index < -0.39 is 34.3 Å². The zero-order valence-corrected chi connectivity index (χ0v) is 27.1. The van der Waals surface area contributed by atoms with Crippen molar-refractivity contribution in [3.63, 3.8) is 0 Å². The van der Waals surface area contributed by atoms with Crippen LogP contribution in [-0.4, -0.2) is 44.3 Å². The molecule has 0 saturated carbocycles. The van der Waals surface area contributed by atoms with Crippen LogP contribution in [0.3, 0.4) is 0 Å². The van der Waals surface area contributed by atoms with Crippen molar-refractivity contribution in [1.82, 2.24) is 10.2 Å². The Labute approximate surface area is 269 Å². The molecule has 0 heterocycles. The zero-order valence-electron chi connectivity index (χ0n) is 25.5. The lowest BCUT2D eigenvalue weighted by Crippen LogP contribution is -2.53. The normalized spacial score (nSPS) is 12.0. The highest BCUT2D eigenvalue weighted by Crippen LogP contribution is 2.28. The number of sulfonamides is 1. The van der Waals surface area contributed by atoms with E-state index in [0.29, 0.717) is 6.54 Å². The van der Waals surface area contributed by atoms with Gasteiger partial charge >= 0.3 is 0 Å². The van der Waals surface area contributed by atoms with Gasteiger partial charge in [0.2, 0.25) is 11.8 Å². The molecule has 0 aromatic heterocycles. The summed E-state index contributed by atoms with van der Waals surface area (Å²) < 4.78 is 43.1. The van der Waals surface area contributed by atoms with E-state index in [1.54, 1.807) is 18.2 Å². The Kier molecular flexibility index (Phi) is 11.4. The largest absolute Gasteiger partial charge is 0.354 e. The van der Waals surface area contributed by atoms with Crippen LogP contribution in [0.2, 0.25) is 5.02 Å². The number of hydrogen-bond donors (Lipinski definition) is 1. The first-order chi connectivity index (χ1) is 21.5. The summed E-state index contributed by atoms with van der Waals surface area (Å²) in [5.41, 5.74) is 2.60. The number of nitrogens with zero attached hydrogens (tertiary/aromatic N) is 2. The number of carbonyl (C=O) groups excluding carboxylic acids is 2. The summed E-state index contributed by atoms with van der Waals surface area (Å²) in [6.45, 7) is 5.67. The van der Waals surface area contributed by atoms with E-state index in [-0.39, 0.29) is 40.4 Å². The number of rotatable bonds is 13. The molecule has 0 aliphatic heterocycles. The van der Waals surface area contributed by atoms with E-state index in [2.05, 4.69) is 5.32 Å². The number of benzene rings is 4. The van der Waals surface area contributed by atoms with Crippen LogP contribution in [0.25, 0.3) is 0 Å². The van der Waals surface area contributed by atoms with Gasteiger partial charge in [0, 0.05) is 19.5 Å². The first-order valence-electron chi connectivity index (χ1n) is 14.6. The number of carbonyl (C=O) groups is 2. The fourth-order valence-corrected chi connectivity index (χ4v) is 6.47. The molecule has 0 bridgehead atoms. The van der Waals surface area contributed by atoms with Crippen LogP contribution in [0.4, 0.5) is 10.1 Å². The number of anilines is 1. The number of hydrogen-bond acceptors (Lipinski definition) is 4. The predicted molar refractivity (Wildman–Crippen MR) is 176 cm³/mol. The molecule has 4 aromatic carbocycles. The minimum Gasteiger partial charge on any atom is -0.354 e. The van der Waals surface area contributed by atoms with Crippen LogP contribution in [0, 0.1) is 18.7 Å². The van der Waals surface area contributed by atoms with E-state index in [0.717, 1.165) is 27.1 Å². The van der Waals surface area contributed by atoms with Gasteiger partial charge in [-0.15, -0.1) is 0 Å². The molecular formula is C35H37ClFN3O4S. The van der Waals surface area contributed by atoms with Crippen LogP contribution in [0.5, 0.6) is 0 Å². The summed E-state index contributed by atoms with van der Waals surface area (Å²) in [6.07, 6.45) is 0.204. The average Bonchev–Trinajstić information content (AvgIpc) is 3.02. The third-order valence-electron chi connectivity index (χ3n) is 7.19. The van der Waals surface area contributed by atoms with E-state index >= 15 is 0 Å². The SMILES string of the molecule is Cc1cccc(CN(C(=O)CN(c2ccc(F)c(Cl)c2)S(=O)(=O)c2ccccc2)C(Cc2ccccc2)C(=O)NCC(C)C)c1. The standard InChI is InChI=1S/C35H37ClFN3O4S/c1-25(2)22-38-35(42)33(20-27-12-6-4-7-13-27)39(23-28-14-10-11-26(3)19-28)34(41)24-40(29-17-18-32(37)31(36)21-29)45(43,44)30-15-8-5-9-16-30/h4-19,21,25,33H,20,22-24H2,1-3H3,(H,38,42). The van der Waals surface area contributed by atoms with Crippen LogP contribution >= 0.6 is 11.6 Å². The van der Waals surface area contributed by atoms with Crippen LogP contribution in [-0.2, 0) is 32.6 Å². The maximum Gasteiger partial charge on any atom is 0.264 e. The number of amides is 2. The van der Waals surface area contributed by atoms with Gasteiger partial charge in [0.15, 0.2) is 0 Å². The van der Waals surface area contributed by atoms with Crippen molar-refractivity contribution < 1.29 is 22.4 Å². The van der Waals surface area contributed by atoms with Crippen molar-refractivity contribution in [2.45, 2.75) is 44.7 Å². The fraction of sp³-hybridized carbons (Fsp3) is 0.257. The molecule has 10 heteroatoms. The number of halogens is 2. The van der Waals surface area contributed by atoms with Gasteiger partial charge in [0.25, 0.3) is 10.0 Å². The smallest absolute Gasteiger partial charge is 0.264 e. The van der Waals surface area contributed by atoms with Crippen molar-refractivity contribution >= 4 is 39.1 Å². The van der Waals surface area contributed by atoms with E-state index in [4.69, 9.17) is 11.6 Å². The van der Waals surface area contributed by atoms with E-state index in [9.17, 15) is 22.4 Å². The summed E-state index contributed by atoms with van der Waals surface area (Å²) in [4.78, 5) is 29.6. The summed E-state index contributed by atoms with van der Waals surface area (Å²) in [5.74, 6) is -1.52. The van der Waals surface area contributed by atoms with Crippen LogP contribution in [0.15, 0.2) is 108 Å². The van der Waals surface area contributed by atoms with Gasteiger partial charge in [-0.2, -0.15) is 0 Å². The molecule has 4 rings (SSSR count). The minimum absolute atomic E-state index is 0.0120. The minimum atomic E-state index is -4.31. The van der Waals surface area contributed by atoms with Gasteiger partial charge in [-0.05, 0) is 54.3 Å². The molecule has 0 spiro atoms. The Morgan fingerprint density at radius 2 is 1.51 bits per heavy atom. The van der Waals surface area contributed by atoms with Gasteiger partial charge in [0.1, 0.15) is 18.4 Å². The second-order valence-electron chi connectivity index (χ2n) is 11.3.